The number of ketones is 1. The van der Waals surface area contributed by atoms with Crippen LogP contribution in [0.25, 0.3) is 0 Å². The quantitative estimate of drug-likeness (QED) is 0.405. The van der Waals surface area contributed by atoms with Gasteiger partial charge in [-0.1, -0.05) is 54.1 Å². The number of rotatable bonds is 7. The Balaban J connectivity index is 2.36. The summed E-state index contributed by atoms with van der Waals surface area (Å²) in [4.78, 5) is 13.0. The third-order valence-corrected chi connectivity index (χ3v) is 6.98. The Morgan fingerprint density at radius 1 is 1.10 bits per heavy atom. The van der Waals surface area contributed by atoms with Crippen LogP contribution in [0.5, 0.6) is 0 Å². The van der Waals surface area contributed by atoms with Gasteiger partial charge in [-0.25, -0.2) is 8.42 Å². The first-order chi connectivity index (χ1) is 13.4. The van der Waals surface area contributed by atoms with Gasteiger partial charge in [0.25, 0.3) is 0 Å². The predicted molar refractivity (Wildman–Crippen MR) is 120 cm³/mol. The highest BCUT2D eigenvalue weighted by molar-refractivity contribution is 7.92. The molecule has 0 radical (unpaired) electrons. The fraction of sp³-hybridized carbons (Fsp3) is 0.292. The van der Waals surface area contributed by atoms with E-state index in [4.69, 9.17) is 11.6 Å². The van der Waals surface area contributed by atoms with Gasteiger partial charge < -0.3 is 0 Å². The molecule has 2 rings (SSSR count). The van der Waals surface area contributed by atoms with E-state index in [0.29, 0.717) is 21.7 Å². The maximum absolute atomic E-state index is 12.9. The van der Waals surface area contributed by atoms with Crippen molar-refractivity contribution in [3.63, 3.8) is 0 Å². The molecule has 0 spiro atoms. The minimum atomic E-state index is -3.73. The van der Waals surface area contributed by atoms with Crippen molar-refractivity contribution in [3.05, 3.63) is 87.5 Å². The van der Waals surface area contributed by atoms with Crippen LogP contribution in [0.3, 0.4) is 0 Å². The topological polar surface area (TPSA) is 51.2 Å². The average molecular weight is 431 g/mol. The molecule has 0 fully saturated rings. The van der Waals surface area contributed by atoms with Gasteiger partial charge in [0.2, 0.25) is 0 Å². The third-order valence-electron chi connectivity index (χ3n) is 4.85. The Kier molecular flexibility index (Phi) is 7.25. The first-order valence-electron chi connectivity index (χ1n) is 9.35. The number of allylic oxidation sites excluding steroid dienone is 3. The van der Waals surface area contributed by atoms with Gasteiger partial charge in [-0.2, -0.15) is 0 Å². The molecule has 0 aliphatic carbocycles. The molecule has 0 heterocycles. The number of carbonyl (C=O) groups excluding carboxylic acids is 1. The lowest BCUT2D eigenvalue weighted by Crippen LogP contribution is -2.19. The Labute approximate surface area is 179 Å². The van der Waals surface area contributed by atoms with Crippen LogP contribution in [0, 0.1) is 20.8 Å². The van der Waals surface area contributed by atoms with E-state index in [0.717, 1.165) is 16.7 Å². The molecule has 0 aliphatic heterocycles. The number of benzene rings is 2. The van der Waals surface area contributed by atoms with Gasteiger partial charge in [-0.05, 0) is 74.6 Å². The van der Waals surface area contributed by atoms with E-state index in [-0.39, 0.29) is 10.8 Å². The number of Topliss-reactive ketones (excluding diaryl/α,β-unsaturated/α-hetero) is 1. The molecular weight excluding hydrogens is 404 g/mol. The van der Waals surface area contributed by atoms with E-state index < -0.39 is 21.4 Å². The van der Waals surface area contributed by atoms with Gasteiger partial charge in [0.05, 0.1) is 4.90 Å². The van der Waals surface area contributed by atoms with Crippen molar-refractivity contribution < 1.29 is 13.2 Å². The number of sulfone groups is 1. The largest absolute Gasteiger partial charge is 0.293 e. The van der Waals surface area contributed by atoms with Crippen LogP contribution in [0.1, 0.15) is 42.0 Å². The molecule has 0 saturated heterocycles. The van der Waals surface area contributed by atoms with Crippen LogP contribution in [0.4, 0.5) is 0 Å². The third kappa shape index (κ3) is 5.68. The molecule has 1 atom stereocenters. The normalized spacial score (nSPS) is 13.2. The standard InChI is InChI=1S/C24H27ClO3S/c1-15(2)22(20-10-16(3)11-21(25)13-20)12-19(6)23(26)14-29(27,28)24-17(4)8-7-9-18(24)5/h7-13,22H,1,14H2,2-6H3/b19-12+. The van der Waals surface area contributed by atoms with E-state index in [1.54, 1.807) is 45.0 Å². The summed E-state index contributed by atoms with van der Waals surface area (Å²) in [6.45, 7) is 13.0. The monoisotopic (exact) mass is 430 g/mol. The Morgan fingerprint density at radius 3 is 2.21 bits per heavy atom. The number of halogens is 1. The summed E-state index contributed by atoms with van der Waals surface area (Å²) in [6.07, 6.45) is 1.77. The van der Waals surface area contributed by atoms with Crippen molar-refractivity contribution in [2.45, 2.75) is 45.4 Å². The van der Waals surface area contributed by atoms with Gasteiger partial charge in [-0.15, -0.1) is 0 Å². The molecule has 0 amide bonds. The lowest BCUT2D eigenvalue weighted by molar-refractivity contribution is -0.113. The second kappa shape index (κ2) is 9.10. The minimum Gasteiger partial charge on any atom is -0.293 e. The molecule has 0 aromatic heterocycles. The van der Waals surface area contributed by atoms with E-state index in [9.17, 15) is 13.2 Å². The zero-order valence-corrected chi connectivity index (χ0v) is 19.1. The Morgan fingerprint density at radius 2 is 1.69 bits per heavy atom. The summed E-state index contributed by atoms with van der Waals surface area (Å²) in [7, 11) is -3.73. The maximum atomic E-state index is 12.9. The Bertz CT molecular complexity index is 1050. The fourth-order valence-corrected chi connectivity index (χ4v) is 5.59. The zero-order chi connectivity index (χ0) is 21.9. The summed E-state index contributed by atoms with van der Waals surface area (Å²) in [5.41, 5.74) is 4.46. The molecule has 0 saturated carbocycles. The smallest absolute Gasteiger partial charge is 0.186 e. The van der Waals surface area contributed by atoms with Crippen LogP contribution in [-0.2, 0) is 14.6 Å². The molecule has 154 valence electrons. The van der Waals surface area contributed by atoms with E-state index in [1.165, 1.54) is 0 Å². The second-order valence-corrected chi connectivity index (χ2v) is 10.0. The van der Waals surface area contributed by atoms with Crippen LogP contribution in [-0.4, -0.2) is 20.0 Å². The van der Waals surface area contributed by atoms with Crippen LogP contribution in [0.2, 0.25) is 5.02 Å². The average Bonchev–Trinajstić information content (AvgIpc) is 2.57. The highest BCUT2D eigenvalue weighted by Crippen LogP contribution is 2.29. The molecule has 5 heteroatoms. The molecule has 0 aliphatic rings. The van der Waals surface area contributed by atoms with Gasteiger partial charge in [-0.3, -0.25) is 4.79 Å². The highest BCUT2D eigenvalue weighted by Gasteiger charge is 2.24. The first-order valence-corrected chi connectivity index (χ1v) is 11.4. The lowest BCUT2D eigenvalue weighted by atomic mass is 9.89. The van der Waals surface area contributed by atoms with Crippen LogP contribution < -0.4 is 0 Å². The highest BCUT2D eigenvalue weighted by atomic mass is 35.5. The van der Waals surface area contributed by atoms with Crippen molar-refractivity contribution in [2.24, 2.45) is 0 Å². The van der Waals surface area contributed by atoms with Crippen molar-refractivity contribution >= 4 is 27.2 Å². The van der Waals surface area contributed by atoms with Crippen molar-refractivity contribution in [3.8, 4) is 0 Å². The van der Waals surface area contributed by atoms with Gasteiger partial charge in [0.1, 0.15) is 5.75 Å². The molecule has 2 aromatic carbocycles. The van der Waals surface area contributed by atoms with E-state index in [1.807, 2.05) is 32.0 Å². The number of hydrogen-bond donors (Lipinski definition) is 0. The minimum absolute atomic E-state index is 0.223. The van der Waals surface area contributed by atoms with Crippen molar-refractivity contribution in [1.82, 2.24) is 0 Å². The van der Waals surface area contributed by atoms with Crippen LogP contribution in [0.15, 0.2) is 65.1 Å². The lowest BCUT2D eigenvalue weighted by Gasteiger charge is -2.16. The van der Waals surface area contributed by atoms with Gasteiger partial charge in [0, 0.05) is 10.9 Å². The molecule has 2 aromatic rings. The summed E-state index contributed by atoms with van der Waals surface area (Å²) < 4.78 is 25.8. The number of hydrogen-bond acceptors (Lipinski definition) is 3. The summed E-state index contributed by atoms with van der Waals surface area (Å²) >= 11 is 6.19. The first kappa shape index (κ1) is 23.1. The molecular formula is C24H27ClO3S. The number of carbonyl (C=O) groups is 1. The molecule has 0 N–H and O–H groups in total. The van der Waals surface area contributed by atoms with E-state index >= 15 is 0 Å². The maximum Gasteiger partial charge on any atom is 0.186 e. The molecule has 0 bridgehead atoms. The zero-order valence-electron chi connectivity index (χ0n) is 17.5. The van der Waals surface area contributed by atoms with Gasteiger partial charge >= 0.3 is 0 Å². The SMILES string of the molecule is C=C(C)C(/C=C(\C)C(=O)CS(=O)(=O)c1c(C)cccc1C)c1cc(C)cc(Cl)c1. The summed E-state index contributed by atoms with van der Waals surface area (Å²) in [5, 5.41) is 0.612. The number of aryl methyl sites for hydroxylation is 3. The summed E-state index contributed by atoms with van der Waals surface area (Å²) in [6, 6.07) is 11.0. The molecule has 29 heavy (non-hydrogen) atoms. The van der Waals surface area contributed by atoms with Gasteiger partial charge in [0.15, 0.2) is 15.6 Å². The molecule has 1 unspecified atom stereocenters. The van der Waals surface area contributed by atoms with Crippen LogP contribution >= 0.6 is 11.6 Å². The predicted octanol–water partition coefficient (Wildman–Crippen LogP) is 5.91. The van der Waals surface area contributed by atoms with Crippen molar-refractivity contribution in [2.75, 3.05) is 5.75 Å². The Hall–Kier alpha value is -2.17. The summed E-state index contributed by atoms with van der Waals surface area (Å²) in [5.74, 6) is -1.20. The van der Waals surface area contributed by atoms with E-state index in [2.05, 4.69) is 6.58 Å². The second-order valence-electron chi connectivity index (χ2n) is 7.64. The van der Waals surface area contributed by atoms with Crippen molar-refractivity contribution in [1.29, 1.82) is 0 Å². The fourth-order valence-electron chi connectivity index (χ4n) is 3.46. The molecule has 3 nitrogen and oxygen atoms in total.